The van der Waals surface area contributed by atoms with E-state index in [1.54, 1.807) is 6.07 Å². The molecule has 162 valence electrons. The van der Waals surface area contributed by atoms with Gasteiger partial charge in [-0.25, -0.2) is 4.98 Å². The van der Waals surface area contributed by atoms with Gasteiger partial charge in [-0.2, -0.15) is 4.98 Å². The average molecular weight is 427 g/mol. The van der Waals surface area contributed by atoms with E-state index < -0.39 is 0 Å². The molecule has 0 aliphatic carbocycles. The molecule has 1 aromatic heterocycles. The minimum atomic E-state index is -0.197. The molecule has 0 aliphatic rings. The van der Waals surface area contributed by atoms with Gasteiger partial charge >= 0.3 is 0 Å². The van der Waals surface area contributed by atoms with Crippen LogP contribution in [-0.4, -0.2) is 28.3 Å². The molecule has 5 heteroatoms. The van der Waals surface area contributed by atoms with Crippen LogP contribution in [0.3, 0.4) is 0 Å². The summed E-state index contributed by atoms with van der Waals surface area (Å²) in [5.74, 6) is 1.87. The van der Waals surface area contributed by atoms with Crippen LogP contribution in [0.15, 0.2) is 84.9 Å². The predicted molar refractivity (Wildman–Crippen MR) is 125 cm³/mol. The third kappa shape index (κ3) is 4.89. The molecule has 0 saturated carbocycles. The minimum Gasteiger partial charge on any atom is -0.494 e. The summed E-state index contributed by atoms with van der Waals surface area (Å²) in [6.45, 7) is 5.15. The van der Waals surface area contributed by atoms with Gasteiger partial charge in [-0.1, -0.05) is 54.6 Å². The highest BCUT2D eigenvalue weighted by Crippen LogP contribution is 2.34. The zero-order valence-corrected chi connectivity index (χ0v) is 18.2. The summed E-state index contributed by atoms with van der Waals surface area (Å²) in [5.41, 5.74) is 3.64. The Kier molecular flexibility index (Phi) is 6.66. The molecule has 32 heavy (non-hydrogen) atoms. The normalized spacial score (nSPS) is 10.8. The van der Waals surface area contributed by atoms with Crippen LogP contribution in [0.5, 0.6) is 17.4 Å². The number of rotatable bonds is 8. The van der Waals surface area contributed by atoms with E-state index in [9.17, 15) is 5.11 Å². The molecule has 0 bridgehead atoms. The van der Waals surface area contributed by atoms with Crippen molar-refractivity contribution < 1.29 is 14.6 Å². The molecule has 0 saturated heterocycles. The van der Waals surface area contributed by atoms with Crippen LogP contribution in [0.25, 0.3) is 11.4 Å². The number of benzene rings is 3. The van der Waals surface area contributed by atoms with E-state index in [-0.39, 0.29) is 11.8 Å². The number of hydrogen-bond acceptors (Lipinski definition) is 5. The second kappa shape index (κ2) is 9.96. The maximum Gasteiger partial charge on any atom is 0.214 e. The van der Waals surface area contributed by atoms with Gasteiger partial charge in [0, 0.05) is 11.6 Å². The molecule has 0 radical (unpaired) electrons. The summed E-state index contributed by atoms with van der Waals surface area (Å²) in [4.78, 5) is 9.10. The second-order valence-corrected chi connectivity index (χ2v) is 7.28. The molecular formula is C27H26N2O3. The zero-order valence-electron chi connectivity index (χ0n) is 18.2. The van der Waals surface area contributed by atoms with Gasteiger partial charge in [0.1, 0.15) is 11.5 Å². The summed E-state index contributed by atoms with van der Waals surface area (Å²) >= 11 is 0. The first kappa shape index (κ1) is 21.4. The summed E-state index contributed by atoms with van der Waals surface area (Å²) < 4.78 is 11.2. The quantitative estimate of drug-likeness (QED) is 0.384. The fraction of sp³-hybridized carbons (Fsp3) is 0.185. The van der Waals surface area contributed by atoms with Crippen LogP contribution in [0.1, 0.15) is 36.6 Å². The second-order valence-electron chi connectivity index (χ2n) is 7.28. The standard InChI is InChI=1S/C27H26N2O3/c1-3-31-22-14-10-19(11-15-22)26(20-12-16-23(17-13-20)32-4-2)24-18-25(30)29-27(28-24)21-8-6-5-7-9-21/h5-18,26H,3-4H2,1-2H3,(H,28,29,30). The number of aromatic nitrogens is 2. The van der Waals surface area contributed by atoms with Gasteiger partial charge in [-0.15, -0.1) is 0 Å². The predicted octanol–water partition coefficient (Wildman–Crippen LogP) is 5.83. The highest BCUT2D eigenvalue weighted by atomic mass is 16.5. The molecule has 1 heterocycles. The van der Waals surface area contributed by atoms with Gasteiger partial charge in [0.25, 0.3) is 0 Å². The van der Waals surface area contributed by atoms with Crippen molar-refractivity contribution in [1.29, 1.82) is 0 Å². The number of aromatic hydroxyl groups is 1. The van der Waals surface area contributed by atoms with Crippen molar-refractivity contribution in [2.75, 3.05) is 13.2 Å². The lowest BCUT2D eigenvalue weighted by Gasteiger charge is -2.19. The maximum absolute atomic E-state index is 10.4. The Morgan fingerprint density at radius 3 is 1.75 bits per heavy atom. The molecule has 0 atom stereocenters. The van der Waals surface area contributed by atoms with Gasteiger partial charge in [-0.05, 0) is 49.2 Å². The Bertz CT molecular complexity index is 1090. The van der Waals surface area contributed by atoms with E-state index >= 15 is 0 Å². The molecule has 4 rings (SSSR count). The van der Waals surface area contributed by atoms with E-state index in [2.05, 4.69) is 4.98 Å². The molecule has 0 amide bonds. The monoisotopic (exact) mass is 426 g/mol. The SMILES string of the molecule is CCOc1ccc(C(c2ccc(OCC)cc2)c2cc(O)nc(-c3ccccc3)n2)cc1. The average Bonchev–Trinajstić information content (AvgIpc) is 2.82. The molecule has 0 spiro atoms. The van der Waals surface area contributed by atoms with E-state index in [0.717, 1.165) is 28.2 Å². The van der Waals surface area contributed by atoms with Crippen molar-refractivity contribution in [2.45, 2.75) is 19.8 Å². The van der Waals surface area contributed by atoms with E-state index in [0.29, 0.717) is 24.7 Å². The first-order valence-corrected chi connectivity index (χ1v) is 10.8. The highest BCUT2D eigenvalue weighted by molar-refractivity contribution is 5.56. The lowest BCUT2D eigenvalue weighted by Crippen LogP contribution is -2.08. The van der Waals surface area contributed by atoms with Crippen molar-refractivity contribution >= 4 is 0 Å². The van der Waals surface area contributed by atoms with E-state index in [1.807, 2.05) is 92.7 Å². The van der Waals surface area contributed by atoms with Gasteiger partial charge in [-0.3, -0.25) is 0 Å². The number of nitrogens with zero attached hydrogens (tertiary/aromatic N) is 2. The maximum atomic E-state index is 10.4. The van der Waals surface area contributed by atoms with Crippen LogP contribution in [0.2, 0.25) is 0 Å². The Hall–Kier alpha value is -3.86. The van der Waals surface area contributed by atoms with E-state index in [1.165, 1.54) is 0 Å². The van der Waals surface area contributed by atoms with Crippen molar-refractivity contribution in [3.63, 3.8) is 0 Å². The summed E-state index contributed by atoms with van der Waals surface area (Å²) in [6, 6.07) is 27.3. The fourth-order valence-electron chi connectivity index (χ4n) is 3.70. The molecular weight excluding hydrogens is 400 g/mol. The minimum absolute atomic E-state index is 0.0595. The largest absolute Gasteiger partial charge is 0.494 e. The highest BCUT2D eigenvalue weighted by Gasteiger charge is 2.21. The van der Waals surface area contributed by atoms with Crippen molar-refractivity contribution in [3.05, 3.63) is 102 Å². The lowest BCUT2D eigenvalue weighted by atomic mass is 9.88. The van der Waals surface area contributed by atoms with Gasteiger partial charge in [0.15, 0.2) is 5.82 Å². The Labute approximate surface area is 188 Å². The molecule has 1 N–H and O–H groups in total. The first-order chi connectivity index (χ1) is 15.7. The Morgan fingerprint density at radius 2 is 1.25 bits per heavy atom. The summed E-state index contributed by atoms with van der Waals surface area (Å²) in [5, 5.41) is 10.4. The van der Waals surface area contributed by atoms with Crippen molar-refractivity contribution in [3.8, 4) is 28.8 Å². The van der Waals surface area contributed by atoms with Crippen LogP contribution >= 0.6 is 0 Å². The van der Waals surface area contributed by atoms with Crippen LogP contribution in [-0.2, 0) is 0 Å². The zero-order chi connectivity index (χ0) is 22.3. The van der Waals surface area contributed by atoms with Crippen molar-refractivity contribution in [2.24, 2.45) is 0 Å². The lowest BCUT2D eigenvalue weighted by molar-refractivity contribution is 0.340. The summed E-state index contributed by atoms with van der Waals surface area (Å²) in [6.07, 6.45) is 0. The smallest absolute Gasteiger partial charge is 0.214 e. The van der Waals surface area contributed by atoms with Gasteiger partial charge in [0.05, 0.1) is 24.8 Å². The van der Waals surface area contributed by atoms with Crippen LogP contribution in [0.4, 0.5) is 0 Å². The van der Waals surface area contributed by atoms with Crippen LogP contribution < -0.4 is 9.47 Å². The topological polar surface area (TPSA) is 64.5 Å². The summed E-state index contributed by atoms with van der Waals surface area (Å²) in [7, 11) is 0. The van der Waals surface area contributed by atoms with Gasteiger partial charge in [0.2, 0.25) is 5.88 Å². The third-order valence-electron chi connectivity index (χ3n) is 5.11. The Morgan fingerprint density at radius 1 is 0.719 bits per heavy atom. The molecule has 5 nitrogen and oxygen atoms in total. The number of hydrogen-bond donors (Lipinski definition) is 1. The molecule has 0 unspecified atom stereocenters. The fourth-order valence-corrected chi connectivity index (χ4v) is 3.70. The van der Waals surface area contributed by atoms with Gasteiger partial charge < -0.3 is 14.6 Å². The third-order valence-corrected chi connectivity index (χ3v) is 5.11. The van der Waals surface area contributed by atoms with Crippen molar-refractivity contribution in [1.82, 2.24) is 9.97 Å². The van der Waals surface area contributed by atoms with Crippen LogP contribution in [0, 0.1) is 0 Å². The molecule has 0 aliphatic heterocycles. The number of ether oxygens (including phenoxy) is 2. The molecule has 4 aromatic rings. The molecule has 0 fully saturated rings. The van der Waals surface area contributed by atoms with E-state index in [4.69, 9.17) is 14.5 Å². The first-order valence-electron chi connectivity index (χ1n) is 10.8. The Balaban J connectivity index is 1.81. The molecule has 3 aromatic carbocycles.